The van der Waals surface area contributed by atoms with Gasteiger partial charge in [-0.05, 0) is 6.08 Å². The number of Topliss-reactive ketones (excluding diaryl/α,β-unsaturated/α-hetero) is 1. The summed E-state index contributed by atoms with van der Waals surface area (Å²) in [7, 11) is 0. The summed E-state index contributed by atoms with van der Waals surface area (Å²) in [5.41, 5.74) is 0.138. The summed E-state index contributed by atoms with van der Waals surface area (Å²) in [6, 6.07) is 0. The minimum atomic E-state index is -0.787. The number of ketones is 1. The first-order valence-corrected chi connectivity index (χ1v) is 3.97. The first-order chi connectivity index (χ1) is 6.09. The fraction of sp³-hybridized carbons (Fsp3) is 0.500. The number of carbonyl (C=O) groups excluding carboxylic acids is 2. The largest absolute Gasteiger partial charge is 0.386 e. The smallest absolute Gasteiger partial charge is 0.221 e. The van der Waals surface area contributed by atoms with Crippen molar-refractivity contribution in [3.63, 3.8) is 0 Å². The average molecular weight is 183 g/mol. The number of hydrogen-bond acceptors (Lipinski definition) is 4. The SMILES string of the molecule is CC(=O)NC1=CC(O)C2OC2C1=O. The third kappa shape index (κ3) is 1.36. The number of hydrogen-bond donors (Lipinski definition) is 2. The third-order valence-electron chi connectivity index (χ3n) is 2.03. The number of rotatable bonds is 1. The molecule has 2 aliphatic rings. The Labute approximate surface area is 74.4 Å². The van der Waals surface area contributed by atoms with Gasteiger partial charge < -0.3 is 15.2 Å². The van der Waals surface area contributed by atoms with Gasteiger partial charge in [0.1, 0.15) is 12.2 Å². The molecule has 0 spiro atoms. The zero-order valence-corrected chi connectivity index (χ0v) is 6.98. The molecule has 0 bridgehead atoms. The molecule has 1 fully saturated rings. The maximum atomic E-state index is 11.3. The van der Waals surface area contributed by atoms with Gasteiger partial charge in [-0.2, -0.15) is 0 Å². The van der Waals surface area contributed by atoms with Gasteiger partial charge in [-0.25, -0.2) is 0 Å². The first-order valence-electron chi connectivity index (χ1n) is 3.97. The first kappa shape index (κ1) is 8.40. The molecule has 1 aliphatic carbocycles. The van der Waals surface area contributed by atoms with Crippen LogP contribution in [-0.2, 0) is 14.3 Å². The van der Waals surface area contributed by atoms with Crippen molar-refractivity contribution in [1.29, 1.82) is 0 Å². The molecule has 3 atom stereocenters. The summed E-state index contributed by atoms with van der Waals surface area (Å²) in [6.45, 7) is 1.31. The molecule has 2 rings (SSSR count). The van der Waals surface area contributed by atoms with Crippen LogP contribution in [0.25, 0.3) is 0 Å². The van der Waals surface area contributed by atoms with Crippen LogP contribution in [0.5, 0.6) is 0 Å². The molecule has 13 heavy (non-hydrogen) atoms. The van der Waals surface area contributed by atoms with E-state index in [0.717, 1.165) is 0 Å². The van der Waals surface area contributed by atoms with Gasteiger partial charge >= 0.3 is 0 Å². The van der Waals surface area contributed by atoms with Crippen molar-refractivity contribution >= 4 is 11.7 Å². The van der Waals surface area contributed by atoms with Gasteiger partial charge in [0.25, 0.3) is 0 Å². The van der Waals surface area contributed by atoms with Crippen molar-refractivity contribution in [2.24, 2.45) is 0 Å². The topological polar surface area (TPSA) is 78.9 Å². The van der Waals surface area contributed by atoms with Gasteiger partial charge in [-0.1, -0.05) is 0 Å². The van der Waals surface area contributed by atoms with Gasteiger partial charge in [-0.15, -0.1) is 0 Å². The highest BCUT2D eigenvalue weighted by Crippen LogP contribution is 2.32. The van der Waals surface area contributed by atoms with Crippen LogP contribution in [0.1, 0.15) is 6.92 Å². The minimum Gasteiger partial charge on any atom is -0.386 e. The van der Waals surface area contributed by atoms with E-state index in [9.17, 15) is 14.7 Å². The van der Waals surface area contributed by atoms with Crippen molar-refractivity contribution in [3.05, 3.63) is 11.8 Å². The molecular weight excluding hydrogens is 174 g/mol. The molecular formula is C8H9NO4. The zero-order valence-electron chi connectivity index (χ0n) is 6.98. The Bertz CT molecular complexity index is 309. The van der Waals surface area contributed by atoms with Crippen LogP contribution in [0.4, 0.5) is 0 Å². The van der Waals surface area contributed by atoms with Gasteiger partial charge in [0.2, 0.25) is 11.7 Å². The highest BCUT2D eigenvalue weighted by Gasteiger charge is 2.53. The normalized spacial score (nSPS) is 36.3. The molecule has 0 aromatic heterocycles. The molecule has 1 aliphatic heterocycles. The lowest BCUT2D eigenvalue weighted by Gasteiger charge is -2.12. The molecule has 1 saturated heterocycles. The molecule has 5 nitrogen and oxygen atoms in total. The van der Waals surface area contributed by atoms with E-state index in [1.807, 2.05) is 0 Å². The molecule has 1 heterocycles. The Morgan fingerprint density at radius 1 is 1.69 bits per heavy atom. The summed E-state index contributed by atoms with van der Waals surface area (Å²) in [5.74, 6) is -0.587. The molecule has 0 aromatic carbocycles. The molecule has 0 aromatic rings. The van der Waals surface area contributed by atoms with E-state index in [-0.39, 0.29) is 17.4 Å². The van der Waals surface area contributed by atoms with Crippen molar-refractivity contribution in [1.82, 2.24) is 5.32 Å². The fourth-order valence-corrected chi connectivity index (χ4v) is 1.39. The van der Waals surface area contributed by atoms with E-state index in [0.29, 0.717) is 0 Å². The predicted molar refractivity (Wildman–Crippen MR) is 41.6 cm³/mol. The number of ether oxygens (including phenoxy) is 1. The van der Waals surface area contributed by atoms with E-state index in [2.05, 4.69) is 5.32 Å². The Morgan fingerprint density at radius 2 is 2.38 bits per heavy atom. The number of carbonyl (C=O) groups is 2. The van der Waals surface area contributed by atoms with Crippen LogP contribution in [0, 0.1) is 0 Å². The Hall–Kier alpha value is -1.20. The second-order valence-electron chi connectivity index (χ2n) is 3.14. The maximum Gasteiger partial charge on any atom is 0.221 e. The Balaban J connectivity index is 2.17. The lowest BCUT2D eigenvalue weighted by molar-refractivity contribution is -0.122. The lowest BCUT2D eigenvalue weighted by Crippen LogP contribution is -2.34. The summed E-state index contributed by atoms with van der Waals surface area (Å²) in [4.78, 5) is 22.0. The van der Waals surface area contributed by atoms with E-state index in [1.54, 1.807) is 0 Å². The predicted octanol–water partition coefficient (Wildman–Crippen LogP) is -1.28. The fourth-order valence-electron chi connectivity index (χ4n) is 1.39. The Kier molecular flexibility index (Phi) is 1.71. The van der Waals surface area contributed by atoms with Gasteiger partial charge in [0, 0.05) is 6.92 Å². The monoisotopic (exact) mass is 183 g/mol. The number of fused-ring (bicyclic) bond motifs is 1. The maximum absolute atomic E-state index is 11.3. The number of aliphatic hydroxyl groups excluding tert-OH is 1. The highest BCUT2D eigenvalue weighted by molar-refractivity contribution is 6.04. The van der Waals surface area contributed by atoms with Gasteiger partial charge in [-0.3, -0.25) is 9.59 Å². The van der Waals surface area contributed by atoms with E-state index in [4.69, 9.17) is 4.74 Å². The number of aliphatic hydroxyl groups is 1. The van der Waals surface area contributed by atoms with E-state index >= 15 is 0 Å². The number of amides is 1. The third-order valence-corrected chi connectivity index (χ3v) is 2.03. The molecule has 0 radical (unpaired) electrons. The Morgan fingerprint density at radius 3 is 3.00 bits per heavy atom. The zero-order chi connectivity index (χ0) is 9.59. The van der Waals surface area contributed by atoms with Gasteiger partial charge in [0.15, 0.2) is 6.10 Å². The van der Waals surface area contributed by atoms with Crippen molar-refractivity contribution in [2.45, 2.75) is 25.2 Å². The summed E-state index contributed by atoms with van der Waals surface area (Å²) in [6.07, 6.45) is -0.422. The lowest BCUT2D eigenvalue weighted by atomic mass is 10.0. The van der Waals surface area contributed by atoms with Crippen LogP contribution < -0.4 is 5.32 Å². The highest BCUT2D eigenvalue weighted by atomic mass is 16.6. The van der Waals surface area contributed by atoms with Crippen molar-refractivity contribution in [2.75, 3.05) is 0 Å². The molecule has 1 amide bonds. The van der Waals surface area contributed by atoms with Crippen molar-refractivity contribution < 1.29 is 19.4 Å². The van der Waals surface area contributed by atoms with E-state index < -0.39 is 18.3 Å². The molecule has 70 valence electrons. The standard InChI is InChI=1S/C8H9NO4/c1-3(10)9-4-2-5(11)7-8(13-7)6(4)12/h2,5,7-8,11H,1H3,(H,9,10). The quantitative estimate of drug-likeness (QED) is 0.496. The molecule has 5 heteroatoms. The van der Waals surface area contributed by atoms with Crippen LogP contribution in [-0.4, -0.2) is 35.1 Å². The second kappa shape index (κ2) is 2.65. The summed E-state index contributed by atoms with van der Waals surface area (Å²) < 4.78 is 4.91. The van der Waals surface area contributed by atoms with Crippen molar-refractivity contribution in [3.8, 4) is 0 Å². The molecule has 2 N–H and O–H groups in total. The average Bonchev–Trinajstić information content (AvgIpc) is 2.77. The van der Waals surface area contributed by atoms with Crippen LogP contribution in [0.2, 0.25) is 0 Å². The van der Waals surface area contributed by atoms with E-state index in [1.165, 1.54) is 13.0 Å². The molecule has 3 unspecified atom stereocenters. The molecule has 0 saturated carbocycles. The van der Waals surface area contributed by atoms with Crippen LogP contribution in [0.3, 0.4) is 0 Å². The summed E-state index contributed by atoms with van der Waals surface area (Å²) in [5, 5.41) is 11.7. The minimum absolute atomic E-state index is 0.138. The summed E-state index contributed by atoms with van der Waals surface area (Å²) >= 11 is 0. The number of nitrogens with one attached hydrogen (secondary N) is 1. The van der Waals surface area contributed by atoms with Crippen LogP contribution in [0.15, 0.2) is 11.8 Å². The van der Waals surface area contributed by atoms with Gasteiger partial charge in [0.05, 0.1) is 5.70 Å². The number of epoxide rings is 1. The van der Waals surface area contributed by atoms with Crippen LogP contribution >= 0.6 is 0 Å². The second-order valence-corrected chi connectivity index (χ2v) is 3.14.